The number of nitrogens with zero attached hydrogens (tertiary/aromatic N) is 1. The van der Waals surface area contributed by atoms with Crippen molar-refractivity contribution in [3.05, 3.63) is 24.0 Å². The van der Waals surface area contributed by atoms with Gasteiger partial charge in [0.1, 0.15) is 12.4 Å². The Kier molecular flexibility index (Phi) is 4.72. The molecule has 0 atom stereocenters. The first-order chi connectivity index (χ1) is 7.59. The molecule has 16 heavy (non-hydrogen) atoms. The van der Waals surface area contributed by atoms with Crippen molar-refractivity contribution >= 4 is 5.97 Å². The number of carboxylic acids is 1. The van der Waals surface area contributed by atoms with Crippen LogP contribution in [0, 0.1) is 0 Å². The van der Waals surface area contributed by atoms with Gasteiger partial charge >= 0.3 is 5.97 Å². The molecule has 0 aliphatic rings. The van der Waals surface area contributed by atoms with Crippen LogP contribution in [0.25, 0.3) is 0 Å². The van der Waals surface area contributed by atoms with Crippen LogP contribution in [0.2, 0.25) is 0 Å². The molecule has 0 aliphatic heterocycles. The van der Waals surface area contributed by atoms with Crippen LogP contribution >= 0.6 is 0 Å². The predicted octanol–water partition coefficient (Wildman–Crippen LogP) is 1.58. The highest BCUT2D eigenvalue weighted by Crippen LogP contribution is 2.10. The van der Waals surface area contributed by atoms with Crippen LogP contribution in [0.5, 0.6) is 5.75 Å². The molecule has 0 spiro atoms. The summed E-state index contributed by atoms with van der Waals surface area (Å²) in [6.45, 7) is 4.72. The van der Waals surface area contributed by atoms with Gasteiger partial charge in [-0.25, -0.2) is 4.79 Å². The maximum atomic E-state index is 10.7. The SMILES string of the molecule is CC(C)OCCOc1cncc(C(=O)O)c1. The Labute approximate surface area is 94.0 Å². The van der Waals surface area contributed by atoms with E-state index in [2.05, 4.69) is 4.98 Å². The standard InChI is InChI=1S/C11H15NO4/c1-8(2)15-3-4-16-10-5-9(11(13)14)6-12-7-10/h5-8H,3-4H2,1-2H3,(H,13,14). The highest BCUT2D eigenvalue weighted by atomic mass is 16.5. The van der Waals surface area contributed by atoms with Gasteiger partial charge in [-0.15, -0.1) is 0 Å². The molecule has 1 rings (SSSR count). The normalized spacial score (nSPS) is 10.4. The van der Waals surface area contributed by atoms with Crippen LogP contribution < -0.4 is 4.74 Å². The number of hydrogen-bond donors (Lipinski definition) is 1. The van der Waals surface area contributed by atoms with Crippen LogP contribution in [-0.4, -0.2) is 35.4 Å². The Morgan fingerprint density at radius 1 is 1.44 bits per heavy atom. The summed E-state index contributed by atoms with van der Waals surface area (Å²) >= 11 is 0. The fourth-order valence-electron chi connectivity index (χ4n) is 1.06. The zero-order chi connectivity index (χ0) is 12.0. The minimum Gasteiger partial charge on any atom is -0.490 e. The van der Waals surface area contributed by atoms with E-state index in [1.165, 1.54) is 18.5 Å². The fraction of sp³-hybridized carbons (Fsp3) is 0.455. The van der Waals surface area contributed by atoms with Crippen LogP contribution in [0.4, 0.5) is 0 Å². The molecular weight excluding hydrogens is 210 g/mol. The molecule has 0 aromatic carbocycles. The third kappa shape index (κ3) is 4.27. The highest BCUT2D eigenvalue weighted by Gasteiger charge is 2.04. The van der Waals surface area contributed by atoms with E-state index in [4.69, 9.17) is 14.6 Å². The van der Waals surface area contributed by atoms with Crippen LogP contribution in [0.3, 0.4) is 0 Å². The van der Waals surface area contributed by atoms with Gasteiger partial charge in [-0.2, -0.15) is 0 Å². The minimum absolute atomic E-state index is 0.113. The van der Waals surface area contributed by atoms with Crippen LogP contribution in [0.1, 0.15) is 24.2 Å². The van der Waals surface area contributed by atoms with Crippen molar-refractivity contribution < 1.29 is 19.4 Å². The van der Waals surface area contributed by atoms with E-state index < -0.39 is 5.97 Å². The molecule has 1 aromatic heterocycles. The zero-order valence-electron chi connectivity index (χ0n) is 9.34. The van der Waals surface area contributed by atoms with Crippen LogP contribution in [0.15, 0.2) is 18.5 Å². The largest absolute Gasteiger partial charge is 0.490 e. The van der Waals surface area contributed by atoms with Gasteiger partial charge in [0, 0.05) is 6.20 Å². The number of rotatable bonds is 6. The molecule has 0 unspecified atom stereocenters. The van der Waals surface area contributed by atoms with Gasteiger partial charge in [0.05, 0.1) is 24.5 Å². The Morgan fingerprint density at radius 2 is 2.19 bits per heavy atom. The minimum atomic E-state index is -1.02. The monoisotopic (exact) mass is 225 g/mol. The average molecular weight is 225 g/mol. The molecule has 5 heteroatoms. The van der Waals surface area contributed by atoms with Gasteiger partial charge in [-0.3, -0.25) is 4.98 Å². The van der Waals surface area contributed by atoms with Gasteiger partial charge in [-0.05, 0) is 19.9 Å². The second-order valence-corrected chi connectivity index (χ2v) is 3.48. The lowest BCUT2D eigenvalue weighted by Gasteiger charge is -2.09. The van der Waals surface area contributed by atoms with Gasteiger partial charge in [0.15, 0.2) is 0 Å². The molecule has 88 valence electrons. The summed E-state index contributed by atoms with van der Waals surface area (Å²) in [6, 6.07) is 1.44. The smallest absolute Gasteiger partial charge is 0.337 e. The second-order valence-electron chi connectivity index (χ2n) is 3.48. The Morgan fingerprint density at radius 3 is 2.81 bits per heavy atom. The van der Waals surface area contributed by atoms with Crippen molar-refractivity contribution in [2.24, 2.45) is 0 Å². The number of carbonyl (C=O) groups is 1. The van der Waals surface area contributed by atoms with Gasteiger partial charge in [0.25, 0.3) is 0 Å². The van der Waals surface area contributed by atoms with Crippen LogP contribution in [-0.2, 0) is 4.74 Å². The Balaban J connectivity index is 2.42. The number of aromatic carboxylic acids is 1. The summed E-state index contributed by atoms with van der Waals surface area (Å²) in [5.74, 6) is -0.580. The quantitative estimate of drug-likeness (QED) is 0.744. The maximum Gasteiger partial charge on any atom is 0.337 e. The second kappa shape index (κ2) is 6.07. The third-order valence-electron chi connectivity index (χ3n) is 1.76. The van der Waals surface area contributed by atoms with Gasteiger partial charge in [-0.1, -0.05) is 0 Å². The molecule has 1 heterocycles. The van der Waals surface area contributed by atoms with Crippen molar-refractivity contribution in [1.82, 2.24) is 4.98 Å². The first-order valence-corrected chi connectivity index (χ1v) is 5.02. The summed E-state index contributed by atoms with van der Waals surface area (Å²) in [6.07, 6.45) is 2.91. The average Bonchev–Trinajstić information content (AvgIpc) is 2.24. The summed E-state index contributed by atoms with van der Waals surface area (Å²) in [5.41, 5.74) is 0.113. The number of ether oxygens (including phenoxy) is 2. The molecule has 0 saturated heterocycles. The molecule has 5 nitrogen and oxygen atoms in total. The molecule has 0 radical (unpaired) electrons. The van der Waals surface area contributed by atoms with Gasteiger partial charge < -0.3 is 14.6 Å². The maximum absolute atomic E-state index is 10.7. The van der Waals surface area contributed by atoms with E-state index in [0.29, 0.717) is 19.0 Å². The Hall–Kier alpha value is -1.62. The van der Waals surface area contributed by atoms with E-state index >= 15 is 0 Å². The van der Waals surface area contributed by atoms with E-state index in [9.17, 15) is 4.79 Å². The van der Waals surface area contributed by atoms with Crippen molar-refractivity contribution in [2.75, 3.05) is 13.2 Å². The number of carboxylic acid groups (broad SMARTS) is 1. The predicted molar refractivity (Wildman–Crippen MR) is 57.8 cm³/mol. The zero-order valence-corrected chi connectivity index (χ0v) is 9.34. The number of pyridine rings is 1. The van der Waals surface area contributed by atoms with E-state index in [0.717, 1.165) is 0 Å². The van der Waals surface area contributed by atoms with Crippen molar-refractivity contribution in [3.8, 4) is 5.75 Å². The van der Waals surface area contributed by atoms with E-state index in [1.54, 1.807) is 0 Å². The number of aromatic nitrogens is 1. The lowest BCUT2D eigenvalue weighted by Crippen LogP contribution is -2.11. The highest BCUT2D eigenvalue weighted by molar-refractivity contribution is 5.87. The molecular formula is C11H15NO4. The topological polar surface area (TPSA) is 68.7 Å². The molecule has 0 bridgehead atoms. The molecule has 0 fully saturated rings. The summed E-state index contributed by atoms with van der Waals surface area (Å²) in [7, 11) is 0. The first kappa shape index (κ1) is 12.4. The molecule has 1 aromatic rings. The summed E-state index contributed by atoms with van der Waals surface area (Å²) in [4.78, 5) is 14.4. The van der Waals surface area contributed by atoms with Crippen molar-refractivity contribution in [2.45, 2.75) is 20.0 Å². The van der Waals surface area contributed by atoms with Crippen molar-refractivity contribution in [1.29, 1.82) is 0 Å². The lowest BCUT2D eigenvalue weighted by molar-refractivity contribution is 0.0551. The van der Waals surface area contributed by atoms with E-state index in [1.807, 2.05) is 13.8 Å². The summed E-state index contributed by atoms with van der Waals surface area (Å²) in [5, 5.41) is 8.73. The molecule has 1 N–H and O–H groups in total. The first-order valence-electron chi connectivity index (χ1n) is 5.02. The van der Waals surface area contributed by atoms with Crippen molar-refractivity contribution in [3.63, 3.8) is 0 Å². The lowest BCUT2D eigenvalue weighted by atomic mass is 10.3. The fourth-order valence-corrected chi connectivity index (χ4v) is 1.06. The Bertz CT molecular complexity index is 352. The van der Waals surface area contributed by atoms with E-state index in [-0.39, 0.29) is 11.7 Å². The molecule has 0 aliphatic carbocycles. The summed E-state index contributed by atoms with van der Waals surface area (Å²) < 4.78 is 10.6. The third-order valence-corrected chi connectivity index (χ3v) is 1.76. The van der Waals surface area contributed by atoms with Gasteiger partial charge in [0.2, 0.25) is 0 Å². The molecule has 0 saturated carbocycles. The molecule has 0 amide bonds. The number of hydrogen-bond acceptors (Lipinski definition) is 4.